The van der Waals surface area contributed by atoms with E-state index in [9.17, 15) is 13.2 Å². The first-order chi connectivity index (χ1) is 11.4. The van der Waals surface area contributed by atoms with Crippen molar-refractivity contribution in [2.24, 2.45) is 0 Å². The highest BCUT2D eigenvalue weighted by Gasteiger charge is 2.16. The number of carbonyl (C=O) groups excluding carboxylic acids is 1. The number of hydrogen-bond donors (Lipinski definition) is 1. The van der Waals surface area contributed by atoms with Crippen LogP contribution in [0.15, 0.2) is 59.5 Å². The molecule has 1 N–H and O–H groups in total. The second-order valence-corrected chi connectivity index (χ2v) is 8.18. The highest BCUT2D eigenvalue weighted by molar-refractivity contribution is 7.91. The maximum atomic E-state index is 12.2. The molecule has 0 bridgehead atoms. The fourth-order valence-electron chi connectivity index (χ4n) is 2.24. The summed E-state index contributed by atoms with van der Waals surface area (Å²) in [5.74, 6) is -0.321. The molecule has 1 amide bonds. The van der Waals surface area contributed by atoms with Crippen LogP contribution < -0.4 is 5.32 Å². The number of amides is 1. The van der Waals surface area contributed by atoms with E-state index in [0.29, 0.717) is 11.6 Å². The van der Waals surface area contributed by atoms with E-state index >= 15 is 0 Å². The van der Waals surface area contributed by atoms with Crippen molar-refractivity contribution < 1.29 is 13.2 Å². The summed E-state index contributed by atoms with van der Waals surface area (Å²) >= 11 is 5.75. The Kier molecular flexibility index (Phi) is 6.40. The lowest BCUT2D eigenvalue weighted by Gasteiger charge is -2.13. The summed E-state index contributed by atoms with van der Waals surface area (Å²) in [6, 6.07) is 15.8. The van der Waals surface area contributed by atoms with Crippen molar-refractivity contribution in [2.45, 2.75) is 24.2 Å². The molecule has 6 heteroatoms. The molecule has 128 valence electrons. The summed E-state index contributed by atoms with van der Waals surface area (Å²) < 4.78 is 24.4. The lowest BCUT2D eigenvalue weighted by Crippen LogP contribution is -2.29. The number of rotatable bonds is 7. The maximum Gasteiger partial charge on any atom is 0.221 e. The van der Waals surface area contributed by atoms with E-state index in [-0.39, 0.29) is 28.9 Å². The third-order valence-electron chi connectivity index (χ3n) is 3.74. The van der Waals surface area contributed by atoms with Crippen LogP contribution in [0.5, 0.6) is 0 Å². The van der Waals surface area contributed by atoms with Gasteiger partial charge in [0, 0.05) is 18.0 Å². The van der Waals surface area contributed by atoms with Crippen molar-refractivity contribution >= 4 is 27.3 Å². The molecule has 0 saturated carbocycles. The Balaban J connectivity index is 1.83. The number of benzene rings is 2. The molecule has 0 aliphatic rings. The zero-order valence-electron chi connectivity index (χ0n) is 13.4. The van der Waals surface area contributed by atoms with Gasteiger partial charge in [-0.05, 0) is 35.7 Å². The zero-order chi connectivity index (χ0) is 17.6. The number of sulfone groups is 1. The van der Waals surface area contributed by atoms with E-state index in [2.05, 4.69) is 5.32 Å². The average Bonchev–Trinajstić information content (AvgIpc) is 2.59. The molecule has 0 fully saturated rings. The van der Waals surface area contributed by atoms with Gasteiger partial charge in [-0.25, -0.2) is 8.42 Å². The molecule has 0 aromatic heterocycles. The van der Waals surface area contributed by atoms with Gasteiger partial charge in [0.15, 0.2) is 9.84 Å². The van der Waals surface area contributed by atoms with E-state index in [4.69, 9.17) is 11.6 Å². The van der Waals surface area contributed by atoms with Gasteiger partial charge in [-0.1, -0.05) is 48.9 Å². The van der Waals surface area contributed by atoms with Crippen LogP contribution in [0, 0.1) is 0 Å². The predicted molar refractivity (Wildman–Crippen MR) is 96.0 cm³/mol. The van der Waals surface area contributed by atoms with Crippen LogP contribution in [0.3, 0.4) is 0 Å². The van der Waals surface area contributed by atoms with Crippen molar-refractivity contribution in [1.82, 2.24) is 5.32 Å². The maximum absolute atomic E-state index is 12.2. The van der Waals surface area contributed by atoms with Crippen molar-refractivity contribution in [1.29, 1.82) is 0 Å². The van der Waals surface area contributed by atoms with Crippen LogP contribution >= 0.6 is 11.6 Å². The third kappa shape index (κ3) is 5.35. The number of halogens is 1. The van der Waals surface area contributed by atoms with Crippen LogP contribution in [0.4, 0.5) is 0 Å². The summed E-state index contributed by atoms with van der Waals surface area (Å²) in [7, 11) is -3.48. The fraction of sp³-hybridized carbons (Fsp3) is 0.278. The lowest BCUT2D eigenvalue weighted by atomic mass is 10.0. The van der Waals surface area contributed by atoms with Gasteiger partial charge in [0.25, 0.3) is 0 Å². The number of nitrogens with one attached hydrogen (secondary N) is 1. The molecule has 1 atom stereocenters. The van der Waals surface area contributed by atoms with Crippen LogP contribution in [-0.2, 0) is 14.6 Å². The van der Waals surface area contributed by atoms with Crippen molar-refractivity contribution in [2.75, 3.05) is 12.3 Å². The zero-order valence-corrected chi connectivity index (χ0v) is 15.0. The number of hydrogen-bond acceptors (Lipinski definition) is 3. The Morgan fingerprint density at radius 3 is 2.33 bits per heavy atom. The van der Waals surface area contributed by atoms with Crippen LogP contribution in [0.1, 0.15) is 24.8 Å². The van der Waals surface area contributed by atoms with E-state index < -0.39 is 9.84 Å². The highest BCUT2D eigenvalue weighted by atomic mass is 35.5. The molecule has 2 aromatic rings. The van der Waals surface area contributed by atoms with E-state index in [1.54, 1.807) is 0 Å². The lowest BCUT2D eigenvalue weighted by molar-refractivity contribution is -0.120. The Morgan fingerprint density at radius 1 is 1.08 bits per heavy atom. The van der Waals surface area contributed by atoms with Gasteiger partial charge in [-0.15, -0.1) is 0 Å². The first kappa shape index (κ1) is 18.5. The SMILES string of the molecule is CC(CNC(=O)CCS(=O)(=O)c1ccc(Cl)cc1)c1ccccc1. The Morgan fingerprint density at radius 2 is 1.71 bits per heavy atom. The third-order valence-corrected chi connectivity index (χ3v) is 5.73. The van der Waals surface area contributed by atoms with Gasteiger partial charge in [0.2, 0.25) is 5.91 Å². The normalized spacial score (nSPS) is 12.6. The monoisotopic (exact) mass is 365 g/mol. The Bertz CT molecular complexity index is 774. The van der Waals surface area contributed by atoms with Gasteiger partial charge in [-0.3, -0.25) is 4.79 Å². The van der Waals surface area contributed by atoms with Gasteiger partial charge < -0.3 is 5.32 Å². The second kappa shape index (κ2) is 8.31. The summed E-state index contributed by atoms with van der Waals surface area (Å²) in [5, 5.41) is 3.26. The molecule has 2 rings (SSSR count). The van der Waals surface area contributed by atoms with E-state index in [0.717, 1.165) is 5.56 Å². The van der Waals surface area contributed by atoms with Crippen molar-refractivity contribution in [3.05, 3.63) is 65.2 Å². The molecule has 4 nitrogen and oxygen atoms in total. The molecule has 24 heavy (non-hydrogen) atoms. The molecule has 0 saturated heterocycles. The summed E-state index contributed by atoms with van der Waals surface area (Å²) in [6.45, 7) is 2.49. The second-order valence-electron chi connectivity index (χ2n) is 5.64. The van der Waals surface area contributed by atoms with Gasteiger partial charge >= 0.3 is 0 Å². The summed E-state index contributed by atoms with van der Waals surface area (Å²) in [4.78, 5) is 12.1. The van der Waals surface area contributed by atoms with Gasteiger partial charge in [-0.2, -0.15) is 0 Å². The minimum atomic E-state index is -3.48. The molecule has 0 radical (unpaired) electrons. The van der Waals surface area contributed by atoms with Crippen LogP contribution in [-0.4, -0.2) is 26.6 Å². The first-order valence-corrected chi connectivity index (χ1v) is 9.71. The first-order valence-electron chi connectivity index (χ1n) is 7.68. The van der Waals surface area contributed by atoms with Crippen molar-refractivity contribution in [3.63, 3.8) is 0 Å². The van der Waals surface area contributed by atoms with Crippen molar-refractivity contribution in [3.8, 4) is 0 Å². The topological polar surface area (TPSA) is 63.2 Å². The largest absolute Gasteiger partial charge is 0.355 e. The average molecular weight is 366 g/mol. The Hall–Kier alpha value is -1.85. The number of carbonyl (C=O) groups is 1. The Labute approximate surface area is 147 Å². The van der Waals surface area contributed by atoms with E-state index in [1.807, 2.05) is 37.3 Å². The minimum Gasteiger partial charge on any atom is -0.355 e. The molecule has 0 heterocycles. The summed E-state index contributed by atoms with van der Waals surface area (Å²) in [6.07, 6.45) is -0.0630. The standard InChI is InChI=1S/C18H20ClNO3S/c1-14(15-5-3-2-4-6-15)13-20-18(21)11-12-24(22,23)17-9-7-16(19)8-10-17/h2-10,14H,11-13H2,1H3,(H,20,21). The highest BCUT2D eigenvalue weighted by Crippen LogP contribution is 2.16. The van der Waals surface area contributed by atoms with Crippen LogP contribution in [0.25, 0.3) is 0 Å². The van der Waals surface area contributed by atoms with Gasteiger partial charge in [0.05, 0.1) is 10.6 Å². The predicted octanol–water partition coefficient (Wildman–Crippen LogP) is 3.42. The minimum absolute atomic E-state index is 0.0630. The molecule has 0 spiro atoms. The molecule has 0 aliphatic carbocycles. The summed E-state index contributed by atoms with van der Waals surface area (Å²) in [5.41, 5.74) is 1.13. The molecule has 0 aliphatic heterocycles. The van der Waals surface area contributed by atoms with E-state index in [1.165, 1.54) is 24.3 Å². The van der Waals surface area contributed by atoms with Gasteiger partial charge in [0.1, 0.15) is 0 Å². The molecule has 2 aromatic carbocycles. The molecular formula is C18H20ClNO3S. The quantitative estimate of drug-likeness (QED) is 0.817. The fourth-order valence-corrected chi connectivity index (χ4v) is 3.61. The smallest absolute Gasteiger partial charge is 0.221 e. The molecular weight excluding hydrogens is 346 g/mol. The van der Waals surface area contributed by atoms with Crippen LogP contribution in [0.2, 0.25) is 5.02 Å². The molecule has 1 unspecified atom stereocenters.